The molecule has 3 rings (SSSR count). The van der Waals surface area contributed by atoms with Gasteiger partial charge >= 0.3 is 5.97 Å². The molecule has 2 atom stereocenters. The van der Waals surface area contributed by atoms with Crippen LogP contribution >= 0.6 is 0 Å². The fourth-order valence-corrected chi connectivity index (χ4v) is 2.70. The Morgan fingerprint density at radius 2 is 1.77 bits per heavy atom. The molecule has 1 heterocycles. The van der Waals surface area contributed by atoms with E-state index in [-0.39, 0.29) is 18.2 Å². The maximum atomic E-state index is 12.6. The van der Waals surface area contributed by atoms with Gasteiger partial charge in [-0.25, -0.2) is 0 Å². The lowest BCUT2D eigenvalue weighted by atomic mass is 9.88. The zero-order valence-corrected chi connectivity index (χ0v) is 12.2. The van der Waals surface area contributed by atoms with Crippen molar-refractivity contribution in [1.29, 1.82) is 0 Å². The summed E-state index contributed by atoms with van der Waals surface area (Å²) in [6.07, 6.45) is -0.421. The third-order valence-electron chi connectivity index (χ3n) is 3.85. The Kier molecular flexibility index (Phi) is 3.92. The van der Waals surface area contributed by atoms with E-state index in [1.165, 1.54) is 0 Å². The molecule has 0 amide bonds. The van der Waals surface area contributed by atoms with Crippen LogP contribution in [0, 0.1) is 5.92 Å². The van der Waals surface area contributed by atoms with Gasteiger partial charge in [0.05, 0.1) is 19.4 Å². The smallest absolute Gasteiger partial charge is 0.307 e. The lowest BCUT2D eigenvalue weighted by Crippen LogP contribution is -2.18. The van der Waals surface area contributed by atoms with E-state index in [0.717, 1.165) is 11.3 Å². The number of carbonyl (C=O) groups is 2. The van der Waals surface area contributed by atoms with Crippen LogP contribution in [0.4, 0.5) is 0 Å². The number of Topliss-reactive ketones (excluding diaryl/α,β-unsaturated/α-hetero) is 1. The SMILES string of the molecule is COc1ccc([C@H]2OC(=O)C[C@@H]2C(=O)c2ccccc2)cc1. The summed E-state index contributed by atoms with van der Waals surface area (Å²) < 4.78 is 10.5. The maximum Gasteiger partial charge on any atom is 0.307 e. The molecule has 4 nitrogen and oxygen atoms in total. The van der Waals surface area contributed by atoms with E-state index in [0.29, 0.717) is 5.56 Å². The Labute approximate surface area is 128 Å². The first-order valence-electron chi connectivity index (χ1n) is 7.11. The Morgan fingerprint density at radius 1 is 1.09 bits per heavy atom. The van der Waals surface area contributed by atoms with Gasteiger partial charge in [0, 0.05) is 5.56 Å². The van der Waals surface area contributed by atoms with Crippen molar-refractivity contribution in [3.8, 4) is 5.75 Å². The van der Waals surface area contributed by atoms with Gasteiger partial charge in [0.1, 0.15) is 11.9 Å². The molecule has 2 aromatic carbocycles. The van der Waals surface area contributed by atoms with Gasteiger partial charge in [-0.1, -0.05) is 42.5 Å². The number of methoxy groups -OCH3 is 1. The molecule has 112 valence electrons. The number of benzene rings is 2. The lowest BCUT2D eigenvalue weighted by Gasteiger charge is -2.17. The van der Waals surface area contributed by atoms with Crippen LogP contribution in [0.5, 0.6) is 5.75 Å². The second kappa shape index (κ2) is 6.02. The predicted molar refractivity (Wildman–Crippen MR) is 80.7 cm³/mol. The van der Waals surface area contributed by atoms with Crippen molar-refractivity contribution >= 4 is 11.8 Å². The molecule has 4 heteroatoms. The summed E-state index contributed by atoms with van der Waals surface area (Å²) in [4.78, 5) is 24.3. The topological polar surface area (TPSA) is 52.6 Å². The molecular weight excluding hydrogens is 280 g/mol. The molecule has 0 radical (unpaired) electrons. The van der Waals surface area contributed by atoms with Gasteiger partial charge in [-0.2, -0.15) is 0 Å². The first-order chi connectivity index (χ1) is 10.7. The molecule has 0 saturated carbocycles. The highest BCUT2D eigenvalue weighted by Crippen LogP contribution is 2.37. The number of hydrogen-bond acceptors (Lipinski definition) is 4. The number of ether oxygens (including phenoxy) is 2. The van der Waals surface area contributed by atoms with Crippen molar-refractivity contribution in [2.45, 2.75) is 12.5 Å². The summed E-state index contributed by atoms with van der Waals surface area (Å²) in [5.41, 5.74) is 1.41. The van der Waals surface area contributed by atoms with Gasteiger partial charge in [-0.3, -0.25) is 9.59 Å². The molecule has 1 saturated heterocycles. The van der Waals surface area contributed by atoms with Crippen molar-refractivity contribution in [2.75, 3.05) is 7.11 Å². The fourth-order valence-electron chi connectivity index (χ4n) is 2.70. The van der Waals surface area contributed by atoms with Gasteiger partial charge in [0.25, 0.3) is 0 Å². The minimum Gasteiger partial charge on any atom is -0.497 e. The first kappa shape index (κ1) is 14.3. The van der Waals surface area contributed by atoms with E-state index in [9.17, 15) is 9.59 Å². The van der Waals surface area contributed by atoms with Crippen LogP contribution in [0.2, 0.25) is 0 Å². The van der Waals surface area contributed by atoms with Crippen molar-refractivity contribution in [2.24, 2.45) is 5.92 Å². The van der Waals surface area contributed by atoms with Crippen LogP contribution in [0.1, 0.15) is 28.4 Å². The number of ketones is 1. The summed E-state index contributed by atoms with van der Waals surface area (Å²) in [5.74, 6) is -0.162. The summed E-state index contributed by atoms with van der Waals surface area (Å²) in [7, 11) is 1.59. The Hall–Kier alpha value is -2.62. The highest BCUT2D eigenvalue weighted by molar-refractivity contribution is 6.01. The molecule has 0 aliphatic carbocycles. The molecule has 1 fully saturated rings. The Morgan fingerprint density at radius 3 is 2.41 bits per heavy atom. The Balaban J connectivity index is 1.88. The normalized spacial score (nSPS) is 20.5. The molecule has 0 spiro atoms. The molecule has 1 aliphatic rings. The van der Waals surface area contributed by atoms with Gasteiger partial charge < -0.3 is 9.47 Å². The quantitative estimate of drug-likeness (QED) is 0.642. The number of rotatable bonds is 4. The lowest BCUT2D eigenvalue weighted by molar-refractivity contribution is -0.141. The van der Waals surface area contributed by atoms with E-state index < -0.39 is 12.0 Å². The van der Waals surface area contributed by atoms with Gasteiger partial charge in [-0.05, 0) is 17.7 Å². The first-order valence-corrected chi connectivity index (χ1v) is 7.11. The van der Waals surface area contributed by atoms with E-state index in [1.54, 1.807) is 31.4 Å². The van der Waals surface area contributed by atoms with E-state index in [4.69, 9.17) is 9.47 Å². The van der Waals surface area contributed by atoms with E-state index in [1.807, 2.05) is 30.3 Å². The second-order valence-corrected chi connectivity index (χ2v) is 5.22. The minimum absolute atomic E-state index is 0.0627. The third-order valence-corrected chi connectivity index (χ3v) is 3.85. The highest BCUT2D eigenvalue weighted by atomic mass is 16.6. The summed E-state index contributed by atoms with van der Waals surface area (Å²) >= 11 is 0. The Bertz CT molecular complexity index is 676. The summed E-state index contributed by atoms with van der Waals surface area (Å²) in [5, 5.41) is 0. The van der Waals surface area contributed by atoms with Crippen molar-refractivity contribution in [1.82, 2.24) is 0 Å². The van der Waals surface area contributed by atoms with E-state index >= 15 is 0 Å². The van der Waals surface area contributed by atoms with E-state index in [2.05, 4.69) is 0 Å². The molecule has 0 bridgehead atoms. The van der Waals surface area contributed by atoms with Crippen LogP contribution < -0.4 is 4.74 Å². The van der Waals surface area contributed by atoms with Gasteiger partial charge in [0.15, 0.2) is 5.78 Å². The fraction of sp³-hybridized carbons (Fsp3) is 0.222. The average molecular weight is 296 g/mol. The van der Waals surface area contributed by atoms with Gasteiger partial charge in [0.2, 0.25) is 0 Å². The number of hydrogen-bond donors (Lipinski definition) is 0. The standard InChI is InChI=1S/C18H16O4/c1-21-14-9-7-13(8-10-14)18-15(11-16(19)22-18)17(20)12-5-3-2-4-6-12/h2-10,15,18H,11H2,1H3/t15-,18-/m1/s1. The number of esters is 1. The maximum absolute atomic E-state index is 12.6. The predicted octanol–water partition coefficient (Wildman–Crippen LogP) is 3.18. The average Bonchev–Trinajstić information content (AvgIpc) is 2.97. The number of carbonyl (C=O) groups excluding carboxylic acids is 2. The van der Waals surface area contributed by atoms with Crippen molar-refractivity contribution in [3.05, 3.63) is 65.7 Å². The third kappa shape index (κ3) is 2.72. The molecule has 22 heavy (non-hydrogen) atoms. The van der Waals surface area contributed by atoms with Crippen LogP contribution in [-0.2, 0) is 9.53 Å². The van der Waals surface area contributed by atoms with Crippen LogP contribution in [0.3, 0.4) is 0 Å². The molecule has 0 aromatic heterocycles. The van der Waals surface area contributed by atoms with Crippen molar-refractivity contribution in [3.63, 3.8) is 0 Å². The van der Waals surface area contributed by atoms with Gasteiger partial charge in [-0.15, -0.1) is 0 Å². The molecule has 0 N–H and O–H groups in total. The van der Waals surface area contributed by atoms with Crippen LogP contribution in [0.15, 0.2) is 54.6 Å². The minimum atomic E-state index is -0.536. The molecule has 1 aliphatic heterocycles. The second-order valence-electron chi connectivity index (χ2n) is 5.22. The van der Waals surface area contributed by atoms with Crippen molar-refractivity contribution < 1.29 is 19.1 Å². The summed E-state index contributed by atoms with van der Waals surface area (Å²) in [6.45, 7) is 0. The largest absolute Gasteiger partial charge is 0.497 e. The molecule has 0 unspecified atom stereocenters. The van der Waals surface area contributed by atoms with Crippen LogP contribution in [0.25, 0.3) is 0 Å². The summed E-state index contributed by atoms with van der Waals surface area (Å²) in [6, 6.07) is 16.2. The molecular formula is C18H16O4. The monoisotopic (exact) mass is 296 g/mol. The number of cyclic esters (lactones) is 1. The molecule has 2 aromatic rings. The zero-order valence-electron chi connectivity index (χ0n) is 12.2. The zero-order chi connectivity index (χ0) is 15.5. The van der Waals surface area contributed by atoms with Crippen LogP contribution in [-0.4, -0.2) is 18.9 Å². The highest BCUT2D eigenvalue weighted by Gasteiger charge is 2.40.